The van der Waals surface area contributed by atoms with Crippen molar-refractivity contribution >= 4 is 17.9 Å². The number of aryl methyl sites for hydroxylation is 2. The minimum atomic E-state index is -0.534. The lowest BCUT2D eigenvalue weighted by molar-refractivity contribution is -0.147. The van der Waals surface area contributed by atoms with Crippen molar-refractivity contribution in [2.45, 2.75) is 83.4 Å². The number of nitrogens with zero attached hydrogens (tertiary/aromatic N) is 5. The van der Waals surface area contributed by atoms with E-state index in [0.717, 1.165) is 87.2 Å². The van der Waals surface area contributed by atoms with Crippen LogP contribution in [0, 0.1) is 0 Å². The summed E-state index contributed by atoms with van der Waals surface area (Å²) in [7, 11) is 5.00. The highest BCUT2D eigenvalue weighted by molar-refractivity contribution is 5.88. The highest BCUT2D eigenvalue weighted by atomic mass is 16.6. The summed E-state index contributed by atoms with van der Waals surface area (Å²) in [5.74, 6) is 0.992. The maximum atomic E-state index is 12.8. The number of amides is 1. The van der Waals surface area contributed by atoms with Crippen molar-refractivity contribution < 1.29 is 23.8 Å². The third-order valence-electron chi connectivity index (χ3n) is 8.06. The SMILES string of the molecule is COC(=O)C(c1ccc(OC)nc1)N(C)[C@H]1CCN(CCCCCc2ccc3c(n2)N(C(=O)OC(C)(C)C)CCC3)C1. The summed E-state index contributed by atoms with van der Waals surface area (Å²) >= 11 is 0. The fourth-order valence-electron chi connectivity index (χ4n) is 5.81. The van der Waals surface area contributed by atoms with Crippen molar-refractivity contribution in [1.82, 2.24) is 19.8 Å². The van der Waals surface area contributed by atoms with Crippen molar-refractivity contribution in [3.63, 3.8) is 0 Å². The van der Waals surface area contributed by atoms with Crippen LogP contribution in [0.5, 0.6) is 5.88 Å². The van der Waals surface area contributed by atoms with E-state index >= 15 is 0 Å². The Hall–Kier alpha value is -3.24. The van der Waals surface area contributed by atoms with Crippen molar-refractivity contribution in [1.29, 1.82) is 0 Å². The van der Waals surface area contributed by atoms with Gasteiger partial charge in [0.15, 0.2) is 0 Å². The van der Waals surface area contributed by atoms with E-state index in [-0.39, 0.29) is 18.1 Å². The van der Waals surface area contributed by atoms with E-state index in [1.165, 1.54) is 7.11 Å². The quantitative estimate of drug-likeness (QED) is 0.274. The molecule has 2 aliphatic rings. The molecule has 10 nitrogen and oxygen atoms in total. The van der Waals surface area contributed by atoms with Gasteiger partial charge in [0.25, 0.3) is 0 Å². The molecule has 2 atom stereocenters. The number of likely N-dealkylation sites (tertiary alicyclic amines) is 1. The van der Waals surface area contributed by atoms with Crippen LogP contribution >= 0.6 is 0 Å². The van der Waals surface area contributed by atoms with Crippen LogP contribution in [0.3, 0.4) is 0 Å². The molecule has 0 aromatic carbocycles. The van der Waals surface area contributed by atoms with Crippen LogP contribution in [0.2, 0.25) is 0 Å². The van der Waals surface area contributed by atoms with Crippen LogP contribution in [0.4, 0.5) is 10.6 Å². The van der Waals surface area contributed by atoms with Gasteiger partial charge in [0.2, 0.25) is 5.88 Å². The normalized spacial score (nSPS) is 18.1. The van der Waals surface area contributed by atoms with Gasteiger partial charge in [-0.1, -0.05) is 12.5 Å². The summed E-state index contributed by atoms with van der Waals surface area (Å²) < 4.78 is 15.9. The number of anilines is 1. The van der Waals surface area contributed by atoms with E-state index in [9.17, 15) is 9.59 Å². The number of carbonyl (C=O) groups is 2. The Morgan fingerprint density at radius 2 is 1.90 bits per heavy atom. The Morgan fingerprint density at radius 1 is 1.10 bits per heavy atom. The minimum absolute atomic E-state index is 0.254. The molecule has 0 spiro atoms. The number of aromatic nitrogens is 2. The van der Waals surface area contributed by atoms with E-state index in [2.05, 4.69) is 26.9 Å². The molecule has 0 saturated carbocycles. The molecule has 0 N–H and O–H groups in total. The van der Waals surface area contributed by atoms with Gasteiger partial charge in [-0.3, -0.25) is 9.80 Å². The first kappa shape index (κ1) is 31.7. The van der Waals surface area contributed by atoms with Crippen LogP contribution in [0.1, 0.15) is 75.7 Å². The summed E-state index contributed by atoms with van der Waals surface area (Å²) in [5, 5.41) is 0. The molecule has 2 aromatic rings. The van der Waals surface area contributed by atoms with E-state index in [1.54, 1.807) is 24.3 Å². The van der Waals surface area contributed by atoms with Gasteiger partial charge < -0.3 is 19.1 Å². The van der Waals surface area contributed by atoms with Crippen molar-refractivity contribution in [2.75, 3.05) is 52.3 Å². The molecule has 0 radical (unpaired) electrons. The number of carbonyl (C=O) groups excluding carboxylic acids is 2. The fraction of sp³-hybridized carbons (Fsp3) is 0.625. The number of unbranched alkanes of at least 4 members (excludes halogenated alkanes) is 2. The monoisotopic (exact) mass is 581 g/mol. The zero-order valence-corrected chi connectivity index (χ0v) is 26.1. The molecule has 42 heavy (non-hydrogen) atoms. The zero-order chi connectivity index (χ0) is 30.3. The smallest absolute Gasteiger partial charge is 0.416 e. The van der Waals surface area contributed by atoms with Gasteiger partial charge in [-0.15, -0.1) is 0 Å². The Balaban J connectivity index is 1.24. The number of rotatable bonds is 11. The highest BCUT2D eigenvalue weighted by Gasteiger charge is 2.35. The van der Waals surface area contributed by atoms with Crippen molar-refractivity contribution in [3.05, 3.63) is 47.3 Å². The van der Waals surface area contributed by atoms with Gasteiger partial charge in [-0.05, 0) is 103 Å². The molecule has 230 valence electrons. The average Bonchev–Trinajstić information content (AvgIpc) is 3.45. The Morgan fingerprint density at radius 3 is 2.60 bits per heavy atom. The van der Waals surface area contributed by atoms with Crippen LogP contribution in [-0.4, -0.2) is 90.9 Å². The standard InChI is InChI=1S/C32H47N5O5/c1-32(2,3)42-31(39)37-19-10-11-23-13-15-25(34-29(23)37)12-8-7-9-18-36-20-17-26(22-36)35(4)28(30(38)41-6)24-14-16-27(40-5)33-21-24/h13-16,21,26,28H,7-12,17-20,22H2,1-6H3/t26-,28?/m0/s1. The van der Waals surface area contributed by atoms with Gasteiger partial charge >= 0.3 is 12.1 Å². The highest BCUT2D eigenvalue weighted by Crippen LogP contribution is 2.29. The number of hydrogen-bond acceptors (Lipinski definition) is 9. The van der Waals surface area contributed by atoms with E-state index in [1.807, 2.05) is 33.9 Å². The zero-order valence-electron chi connectivity index (χ0n) is 26.1. The number of pyridine rings is 2. The van der Waals surface area contributed by atoms with Crippen molar-refractivity contribution in [3.8, 4) is 5.88 Å². The Bertz CT molecular complexity index is 1200. The number of methoxy groups -OCH3 is 2. The number of hydrogen-bond donors (Lipinski definition) is 0. The summed E-state index contributed by atoms with van der Waals surface area (Å²) in [6.07, 6.45) is 8.37. The topological polar surface area (TPSA) is 97.3 Å². The van der Waals surface area contributed by atoms with Crippen LogP contribution in [-0.2, 0) is 27.1 Å². The summed E-state index contributed by atoms with van der Waals surface area (Å²) in [5.41, 5.74) is 2.40. The number of ether oxygens (including phenoxy) is 3. The lowest BCUT2D eigenvalue weighted by Crippen LogP contribution is -2.41. The van der Waals surface area contributed by atoms with Crippen molar-refractivity contribution in [2.24, 2.45) is 0 Å². The third-order valence-corrected chi connectivity index (χ3v) is 8.06. The average molecular weight is 582 g/mol. The number of esters is 1. The van der Waals surface area contributed by atoms with Crippen LogP contribution in [0.25, 0.3) is 0 Å². The maximum Gasteiger partial charge on any atom is 0.416 e. The molecule has 1 saturated heterocycles. The van der Waals surface area contributed by atoms with Gasteiger partial charge in [0.05, 0.1) is 14.2 Å². The van der Waals surface area contributed by atoms with Gasteiger partial charge in [0.1, 0.15) is 17.5 Å². The lowest BCUT2D eigenvalue weighted by atomic mass is 10.0. The molecule has 10 heteroatoms. The van der Waals surface area contributed by atoms with Gasteiger partial charge in [-0.2, -0.15) is 0 Å². The van der Waals surface area contributed by atoms with E-state index in [0.29, 0.717) is 12.4 Å². The molecular formula is C32H47N5O5. The van der Waals surface area contributed by atoms with Crippen LogP contribution < -0.4 is 9.64 Å². The second-order valence-electron chi connectivity index (χ2n) is 12.3. The molecule has 1 amide bonds. The first-order chi connectivity index (χ1) is 20.1. The Kier molecular flexibility index (Phi) is 10.8. The number of fused-ring (bicyclic) bond motifs is 1. The minimum Gasteiger partial charge on any atom is -0.481 e. The molecule has 2 aliphatic heterocycles. The largest absolute Gasteiger partial charge is 0.481 e. The molecule has 4 rings (SSSR count). The second kappa shape index (κ2) is 14.3. The van der Waals surface area contributed by atoms with Gasteiger partial charge in [0, 0.05) is 37.1 Å². The van der Waals surface area contributed by atoms with E-state index < -0.39 is 11.6 Å². The molecule has 1 unspecified atom stereocenters. The second-order valence-corrected chi connectivity index (χ2v) is 12.3. The molecule has 1 fully saturated rings. The fourth-order valence-corrected chi connectivity index (χ4v) is 5.81. The predicted molar refractivity (Wildman–Crippen MR) is 162 cm³/mol. The summed E-state index contributed by atoms with van der Waals surface area (Å²) in [6.45, 7) is 9.26. The predicted octanol–water partition coefficient (Wildman–Crippen LogP) is 4.81. The Labute approximate surface area is 250 Å². The molecule has 0 aliphatic carbocycles. The third kappa shape index (κ3) is 8.19. The maximum absolute atomic E-state index is 12.8. The van der Waals surface area contributed by atoms with Gasteiger partial charge in [-0.25, -0.2) is 19.6 Å². The molecule has 0 bridgehead atoms. The lowest BCUT2D eigenvalue weighted by Gasteiger charge is -2.31. The van der Waals surface area contributed by atoms with E-state index in [4.69, 9.17) is 19.2 Å². The first-order valence-corrected chi connectivity index (χ1v) is 15.1. The van der Waals surface area contributed by atoms with Crippen LogP contribution in [0.15, 0.2) is 30.5 Å². The molecule has 4 heterocycles. The summed E-state index contributed by atoms with van der Waals surface area (Å²) in [4.78, 5) is 41.0. The summed E-state index contributed by atoms with van der Waals surface area (Å²) in [6, 6.07) is 7.63. The molecule has 2 aromatic heterocycles. The number of likely N-dealkylation sites (N-methyl/N-ethyl adjacent to an activating group) is 1. The first-order valence-electron chi connectivity index (χ1n) is 15.1. The molecular weight excluding hydrogens is 534 g/mol.